The summed E-state index contributed by atoms with van der Waals surface area (Å²) in [6, 6.07) is 16.1. The minimum Gasteiger partial charge on any atom is -0.305 e. The molecule has 2 aliphatic rings. The average Bonchev–Trinajstić information content (AvgIpc) is 2.99. The summed E-state index contributed by atoms with van der Waals surface area (Å²) < 4.78 is 0. The molecule has 0 aliphatic carbocycles. The predicted molar refractivity (Wildman–Crippen MR) is 85.5 cm³/mol. The number of hydrogen-bond acceptors (Lipinski definition) is 1. The van der Waals surface area contributed by atoms with E-state index in [1.807, 2.05) is 53.4 Å². The number of amides is 1. The fourth-order valence-corrected chi connectivity index (χ4v) is 3.49. The zero-order chi connectivity index (χ0) is 14.4. The third kappa shape index (κ3) is 1.98. The van der Waals surface area contributed by atoms with Gasteiger partial charge in [-0.1, -0.05) is 48.0 Å². The molecule has 104 valence electrons. The number of nitrogens with zero attached hydrogens (tertiary/aromatic N) is 1. The zero-order valence-electron chi connectivity index (χ0n) is 11.4. The van der Waals surface area contributed by atoms with Crippen molar-refractivity contribution in [2.75, 3.05) is 4.90 Å². The van der Waals surface area contributed by atoms with E-state index in [0.717, 1.165) is 29.7 Å². The summed E-state index contributed by atoms with van der Waals surface area (Å²) in [5.41, 5.74) is 4.10. The van der Waals surface area contributed by atoms with Gasteiger partial charge in [0.2, 0.25) is 0 Å². The van der Waals surface area contributed by atoms with E-state index in [2.05, 4.69) is 6.07 Å². The van der Waals surface area contributed by atoms with Crippen molar-refractivity contribution < 1.29 is 4.79 Å². The van der Waals surface area contributed by atoms with E-state index in [1.54, 1.807) is 0 Å². The van der Waals surface area contributed by atoms with E-state index in [1.165, 1.54) is 5.56 Å². The molecule has 0 saturated carbocycles. The topological polar surface area (TPSA) is 20.3 Å². The van der Waals surface area contributed by atoms with Gasteiger partial charge in [0.1, 0.15) is 0 Å². The number of carbonyl (C=O) groups excluding carboxylic acids is 1. The van der Waals surface area contributed by atoms with Crippen molar-refractivity contribution in [1.82, 2.24) is 0 Å². The van der Waals surface area contributed by atoms with E-state index in [9.17, 15) is 4.79 Å². The summed E-state index contributed by atoms with van der Waals surface area (Å²) >= 11 is 6.18. The Morgan fingerprint density at radius 1 is 1.05 bits per heavy atom. The van der Waals surface area contributed by atoms with Crippen LogP contribution in [0, 0.1) is 0 Å². The Labute approximate surface area is 128 Å². The van der Waals surface area contributed by atoms with Crippen molar-refractivity contribution in [2.45, 2.75) is 18.9 Å². The fraction of sp³-hybridized carbons (Fsp3) is 0.167. The summed E-state index contributed by atoms with van der Waals surface area (Å²) in [6.07, 6.45) is 3.67. The standard InChI is InChI=1S/C18H14ClNO/c19-16-7-3-1-5-12(16)9-14-11-15-10-13-6-2-4-8-17(13)20(15)18(14)21/h1-9,15H,10-11H2/b14-9-. The highest BCUT2D eigenvalue weighted by Crippen LogP contribution is 2.40. The first-order valence-corrected chi connectivity index (χ1v) is 7.48. The molecule has 1 atom stereocenters. The summed E-state index contributed by atoms with van der Waals surface area (Å²) in [5.74, 6) is 0.116. The van der Waals surface area contributed by atoms with Gasteiger partial charge in [0, 0.05) is 22.3 Å². The lowest BCUT2D eigenvalue weighted by atomic mass is 10.0. The third-order valence-corrected chi connectivity index (χ3v) is 4.60. The largest absolute Gasteiger partial charge is 0.305 e. The Bertz CT molecular complexity index is 765. The first-order chi connectivity index (χ1) is 10.2. The molecule has 1 amide bonds. The molecule has 3 heteroatoms. The molecule has 1 fully saturated rings. The first-order valence-electron chi connectivity index (χ1n) is 7.10. The second-order valence-corrected chi connectivity index (χ2v) is 5.96. The molecule has 2 aromatic rings. The molecule has 0 aromatic heterocycles. The first kappa shape index (κ1) is 12.7. The van der Waals surface area contributed by atoms with E-state index >= 15 is 0 Å². The summed E-state index contributed by atoms with van der Waals surface area (Å²) in [5, 5.41) is 0.685. The van der Waals surface area contributed by atoms with Gasteiger partial charge >= 0.3 is 0 Å². The molecular formula is C18H14ClNO. The van der Waals surface area contributed by atoms with Gasteiger partial charge in [-0.15, -0.1) is 0 Å². The number of rotatable bonds is 1. The summed E-state index contributed by atoms with van der Waals surface area (Å²) in [6.45, 7) is 0. The Balaban J connectivity index is 1.71. The van der Waals surface area contributed by atoms with Gasteiger partial charge in [-0.25, -0.2) is 0 Å². The molecule has 1 unspecified atom stereocenters. The van der Waals surface area contributed by atoms with E-state index in [0.29, 0.717) is 5.02 Å². The smallest absolute Gasteiger partial charge is 0.254 e. The highest BCUT2D eigenvalue weighted by atomic mass is 35.5. The van der Waals surface area contributed by atoms with Crippen molar-refractivity contribution >= 4 is 29.3 Å². The predicted octanol–water partition coefficient (Wildman–Crippen LogP) is 4.09. The molecule has 2 aliphatic heterocycles. The van der Waals surface area contributed by atoms with Gasteiger partial charge in [0.05, 0.1) is 0 Å². The molecule has 0 bridgehead atoms. The number of halogens is 1. The van der Waals surface area contributed by atoms with Gasteiger partial charge in [-0.3, -0.25) is 4.79 Å². The highest BCUT2D eigenvalue weighted by Gasteiger charge is 2.41. The molecule has 1 saturated heterocycles. The molecule has 0 N–H and O–H groups in total. The van der Waals surface area contributed by atoms with Gasteiger partial charge in [0.25, 0.3) is 5.91 Å². The highest BCUT2D eigenvalue weighted by molar-refractivity contribution is 6.32. The van der Waals surface area contributed by atoms with Crippen molar-refractivity contribution in [2.24, 2.45) is 0 Å². The molecular weight excluding hydrogens is 282 g/mol. The lowest BCUT2D eigenvalue weighted by molar-refractivity contribution is -0.114. The van der Waals surface area contributed by atoms with Crippen LogP contribution < -0.4 is 4.90 Å². The number of benzene rings is 2. The normalized spacial score (nSPS) is 21.8. The lowest BCUT2D eigenvalue weighted by Crippen LogP contribution is -2.29. The number of anilines is 1. The fourth-order valence-electron chi connectivity index (χ4n) is 3.30. The van der Waals surface area contributed by atoms with Crippen molar-refractivity contribution in [1.29, 1.82) is 0 Å². The zero-order valence-corrected chi connectivity index (χ0v) is 12.2. The van der Waals surface area contributed by atoms with Crippen LogP contribution in [0.15, 0.2) is 54.1 Å². The Hall–Kier alpha value is -2.06. The molecule has 21 heavy (non-hydrogen) atoms. The molecule has 0 radical (unpaired) electrons. The van der Waals surface area contributed by atoms with Crippen LogP contribution in [0.1, 0.15) is 17.5 Å². The maximum absolute atomic E-state index is 12.7. The lowest BCUT2D eigenvalue weighted by Gasteiger charge is -2.15. The van der Waals surface area contributed by atoms with Crippen LogP contribution in [0.2, 0.25) is 5.02 Å². The molecule has 0 spiro atoms. The number of carbonyl (C=O) groups is 1. The van der Waals surface area contributed by atoms with Crippen LogP contribution >= 0.6 is 11.6 Å². The number of para-hydroxylation sites is 1. The van der Waals surface area contributed by atoms with E-state index in [-0.39, 0.29) is 11.9 Å². The second-order valence-electron chi connectivity index (χ2n) is 5.56. The maximum Gasteiger partial charge on any atom is 0.254 e. The Morgan fingerprint density at radius 3 is 2.67 bits per heavy atom. The average molecular weight is 296 g/mol. The summed E-state index contributed by atoms with van der Waals surface area (Å²) in [7, 11) is 0. The van der Waals surface area contributed by atoms with Gasteiger partial charge in [-0.2, -0.15) is 0 Å². The Morgan fingerprint density at radius 2 is 1.81 bits per heavy atom. The SMILES string of the molecule is O=C1/C(=C\c2ccccc2Cl)CC2Cc3ccccc3N12. The van der Waals surface area contributed by atoms with Crippen LogP contribution in [0.5, 0.6) is 0 Å². The third-order valence-electron chi connectivity index (χ3n) is 4.26. The van der Waals surface area contributed by atoms with Gasteiger partial charge in [0.15, 0.2) is 0 Å². The molecule has 4 rings (SSSR count). The quantitative estimate of drug-likeness (QED) is 0.726. The minimum atomic E-state index is 0.116. The molecule has 2 nitrogen and oxygen atoms in total. The van der Waals surface area contributed by atoms with Crippen LogP contribution in [0.3, 0.4) is 0 Å². The maximum atomic E-state index is 12.7. The van der Waals surface area contributed by atoms with E-state index < -0.39 is 0 Å². The molecule has 2 heterocycles. The van der Waals surface area contributed by atoms with Gasteiger partial charge in [-0.05, 0) is 42.2 Å². The monoisotopic (exact) mass is 295 g/mol. The van der Waals surface area contributed by atoms with Gasteiger partial charge < -0.3 is 4.90 Å². The van der Waals surface area contributed by atoms with Crippen molar-refractivity contribution in [3.05, 3.63) is 70.3 Å². The second kappa shape index (κ2) is 4.74. The van der Waals surface area contributed by atoms with E-state index in [4.69, 9.17) is 11.6 Å². The van der Waals surface area contributed by atoms with Crippen LogP contribution in [0.4, 0.5) is 5.69 Å². The van der Waals surface area contributed by atoms with Crippen LogP contribution in [0.25, 0.3) is 6.08 Å². The Kier molecular flexibility index (Phi) is 2.86. The number of fused-ring (bicyclic) bond motifs is 3. The molecule has 2 aromatic carbocycles. The van der Waals surface area contributed by atoms with Crippen LogP contribution in [-0.4, -0.2) is 11.9 Å². The van der Waals surface area contributed by atoms with Crippen LogP contribution in [-0.2, 0) is 11.2 Å². The van der Waals surface area contributed by atoms with Crippen molar-refractivity contribution in [3.8, 4) is 0 Å². The minimum absolute atomic E-state index is 0.116. The number of hydrogen-bond donors (Lipinski definition) is 0. The summed E-state index contributed by atoms with van der Waals surface area (Å²) in [4.78, 5) is 14.6. The van der Waals surface area contributed by atoms with Crippen molar-refractivity contribution in [3.63, 3.8) is 0 Å².